The molecule has 2 aromatic heterocycles. The van der Waals surface area contributed by atoms with Gasteiger partial charge >= 0.3 is 88.7 Å². The predicted molar refractivity (Wildman–Crippen MR) is 112 cm³/mol. The summed E-state index contributed by atoms with van der Waals surface area (Å²) < 4.78 is 36.5. The summed E-state index contributed by atoms with van der Waals surface area (Å²) in [6, 6.07) is 9.79. The van der Waals surface area contributed by atoms with Crippen LogP contribution in [0.4, 0.5) is 5.82 Å². The van der Waals surface area contributed by atoms with Crippen LogP contribution in [0.25, 0.3) is 11.2 Å². The second-order valence-electron chi connectivity index (χ2n) is 7.53. The van der Waals surface area contributed by atoms with Crippen molar-refractivity contribution in [2.75, 3.05) is 18.5 Å². The molecular weight excluding hydrogens is 577 g/mol. The number of nitrogens with zero attached hydrogens (tertiary/aromatic N) is 4. The summed E-state index contributed by atoms with van der Waals surface area (Å²) in [5, 5.41) is 23.9. The molecule has 3 aromatic rings. The number of ether oxygens (including phenoxy) is 1. The molecule has 0 saturated carbocycles. The van der Waals surface area contributed by atoms with Crippen LogP contribution >= 0.6 is 15.6 Å². The van der Waals surface area contributed by atoms with Crippen molar-refractivity contribution in [3.05, 3.63) is 48.5 Å². The molecule has 1 aromatic carbocycles. The fraction of sp³-hybridized carbons (Fsp3) is 0.389. The molecule has 0 radical (unpaired) electrons. The van der Waals surface area contributed by atoms with Gasteiger partial charge in [-0.05, 0) is 12.0 Å². The van der Waals surface area contributed by atoms with Gasteiger partial charge in [0, 0.05) is 6.54 Å². The minimum atomic E-state index is -5.87. The monoisotopic (exact) mass is 597 g/mol. The first kappa shape index (κ1) is 36.7. The Bertz CT molecular complexity index is 1270. The third kappa shape index (κ3) is 9.63. The Labute approximate surface area is 283 Å². The van der Waals surface area contributed by atoms with Crippen LogP contribution in [0.3, 0.4) is 0 Å². The van der Waals surface area contributed by atoms with Crippen molar-refractivity contribution < 1.29 is 136 Å². The Hall–Kier alpha value is 0.710. The smallest absolute Gasteiger partial charge is 0.790 e. The van der Waals surface area contributed by atoms with Gasteiger partial charge in [-0.15, -0.1) is 0 Å². The van der Waals surface area contributed by atoms with Gasteiger partial charge in [-0.25, -0.2) is 15.0 Å². The second-order valence-corrected chi connectivity index (χ2v) is 10.2. The summed E-state index contributed by atoms with van der Waals surface area (Å²) >= 11 is 0. The first-order valence-corrected chi connectivity index (χ1v) is 13.1. The first-order valence-electron chi connectivity index (χ1n) is 10.2. The molecule has 1 fully saturated rings. The van der Waals surface area contributed by atoms with E-state index in [0.717, 1.165) is 12.0 Å². The molecule has 1 aliphatic rings. The maximum Gasteiger partial charge on any atom is 1.00 e. The predicted octanol–water partition coefficient (Wildman–Crippen LogP) is -10.6. The number of aromatic nitrogens is 4. The summed E-state index contributed by atoms with van der Waals surface area (Å²) in [6.07, 6.45) is -2.53. The van der Waals surface area contributed by atoms with Crippen LogP contribution in [0.2, 0.25) is 0 Å². The SMILES string of the molecule is O=P([O-])([O-])OP(=O)([O-])OC[C@H]1O[C@@H](n2cnc3c(NCCc4ccccc4)ncnc32)[C@H](O)[C@@H]1O.[Na+].[Na+].[Na+]. The van der Waals surface area contributed by atoms with E-state index in [1.165, 1.54) is 17.2 Å². The molecule has 20 heteroatoms. The van der Waals surface area contributed by atoms with E-state index < -0.39 is 46.8 Å². The van der Waals surface area contributed by atoms with Crippen LogP contribution in [0.5, 0.6) is 0 Å². The molecule has 0 amide bonds. The number of phosphoric acid groups is 2. The Kier molecular flexibility index (Phi) is 15.3. The maximum absolute atomic E-state index is 11.5. The molecular formula is C18H20N5Na3O10P2. The van der Waals surface area contributed by atoms with E-state index in [9.17, 15) is 34.0 Å². The van der Waals surface area contributed by atoms with Crippen molar-refractivity contribution in [1.82, 2.24) is 19.5 Å². The van der Waals surface area contributed by atoms with Crippen LogP contribution in [0, 0.1) is 0 Å². The minimum absolute atomic E-state index is 0. The van der Waals surface area contributed by atoms with E-state index in [-0.39, 0.29) is 94.3 Å². The zero-order chi connectivity index (χ0) is 25.2. The van der Waals surface area contributed by atoms with E-state index in [1.807, 2.05) is 30.3 Å². The van der Waals surface area contributed by atoms with Gasteiger partial charge in [-0.3, -0.25) is 13.4 Å². The number of imidazole rings is 1. The molecule has 0 aliphatic carbocycles. The van der Waals surface area contributed by atoms with Crippen LogP contribution < -0.4 is 109 Å². The molecule has 3 N–H and O–H groups in total. The summed E-state index contributed by atoms with van der Waals surface area (Å²) in [6.45, 7) is -0.371. The Balaban J connectivity index is 0.00000241. The van der Waals surface area contributed by atoms with E-state index in [2.05, 4.69) is 29.1 Å². The van der Waals surface area contributed by atoms with Gasteiger partial charge in [-0.1, -0.05) is 30.3 Å². The number of benzene rings is 1. The molecule has 3 heterocycles. The molecule has 4 rings (SSSR count). The number of hydrogen-bond acceptors (Lipinski definition) is 14. The molecule has 1 aliphatic heterocycles. The van der Waals surface area contributed by atoms with Crippen LogP contribution in [-0.2, 0) is 29.1 Å². The standard InChI is InChI=1S/C18H23N5O10P2.3Na/c24-14-12(8-31-35(29,30)33-34(26,27)28)32-18(15(14)25)23-10-22-13-16(20-9-21-17(13)23)19-7-6-11-4-2-1-3-5-11;;;/h1-5,9-10,12,14-15,18,24-25H,6-8H2,(H,29,30)(H,19,20,21)(H2,26,27,28);;;/q;3*+1/p-3/t12-,14-,15-,18-;;;/m1.../s1. The van der Waals surface area contributed by atoms with E-state index >= 15 is 0 Å². The van der Waals surface area contributed by atoms with Crippen LogP contribution in [0.1, 0.15) is 11.8 Å². The van der Waals surface area contributed by atoms with Gasteiger partial charge in [0.25, 0.3) is 7.82 Å². The largest absolute Gasteiger partial charge is 1.00 e. The number of phosphoric ester groups is 1. The quantitative estimate of drug-likeness (QED) is 0.146. The van der Waals surface area contributed by atoms with Gasteiger partial charge in [0.1, 0.15) is 24.6 Å². The zero-order valence-corrected chi connectivity index (χ0v) is 28.6. The molecule has 0 bridgehead atoms. The minimum Gasteiger partial charge on any atom is -0.790 e. The van der Waals surface area contributed by atoms with Gasteiger partial charge in [0.2, 0.25) is 0 Å². The number of fused-ring (bicyclic) bond motifs is 1. The number of rotatable bonds is 10. The normalized spacial score (nSPS) is 22.6. The average molecular weight is 597 g/mol. The van der Waals surface area contributed by atoms with Crippen LogP contribution in [-0.4, -0.2) is 61.2 Å². The van der Waals surface area contributed by atoms with Gasteiger partial charge < -0.3 is 44.0 Å². The zero-order valence-electron chi connectivity index (χ0n) is 20.8. The number of aliphatic hydroxyl groups is 2. The van der Waals surface area contributed by atoms with Crippen molar-refractivity contribution >= 4 is 32.6 Å². The summed E-state index contributed by atoms with van der Waals surface area (Å²) in [5.41, 5.74) is 1.75. The van der Waals surface area contributed by atoms with Crippen molar-refractivity contribution in [2.45, 2.75) is 31.0 Å². The average Bonchev–Trinajstić information content (AvgIpc) is 3.33. The second kappa shape index (κ2) is 15.8. The first-order chi connectivity index (χ1) is 16.5. The van der Waals surface area contributed by atoms with Crippen LogP contribution in [0.15, 0.2) is 43.0 Å². The van der Waals surface area contributed by atoms with Crippen molar-refractivity contribution in [2.24, 2.45) is 0 Å². The molecule has 38 heavy (non-hydrogen) atoms. The Morgan fingerprint density at radius 1 is 1.03 bits per heavy atom. The molecule has 1 unspecified atom stereocenters. The van der Waals surface area contributed by atoms with Gasteiger partial charge in [-0.2, -0.15) is 0 Å². The summed E-state index contributed by atoms with van der Waals surface area (Å²) in [7, 11) is -11.4. The van der Waals surface area contributed by atoms with Gasteiger partial charge in [0.05, 0.1) is 20.8 Å². The van der Waals surface area contributed by atoms with E-state index in [1.54, 1.807) is 0 Å². The maximum atomic E-state index is 11.5. The summed E-state index contributed by atoms with van der Waals surface area (Å²) in [5.74, 6) is 0.432. The summed E-state index contributed by atoms with van der Waals surface area (Å²) in [4.78, 5) is 45.1. The van der Waals surface area contributed by atoms with E-state index in [4.69, 9.17) is 4.74 Å². The Morgan fingerprint density at radius 2 is 1.71 bits per heavy atom. The number of aliphatic hydroxyl groups excluding tert-OH is 2. The fourth-order valence-corrected chi connectivity index (χ4v) is 5.04. The molecule has 0 spiro atoms. The van der Waals surface area contributed by atoms with Crippen molar-refractivity contribution in [1.29, 1.82) is 0 Å². The van der Waals surface area contributed by atoms with Gasteiger partial charge in [0.15, 0.2) is 23.2 Å². The molecule has 1 saturated heterocycles. The number of anilines is 1. The fourth-order valence-electron chi connectivity index (χ4n) is 3.54. The van der Waals surface area contributed by atoms with Crippen molar-refractivity contribution in [3.63, 3.8) is 0 Å². The molecule has 190 valence electrons. The topological polar surface area (TPSA) is 227 Å². The van der Waals surface area contributed by atoms with Crippen molar-refractivity contribution in [3.8, 4) is 0 Å². The number of hydrogen-bond donors (Lipinski definition) is 3. The molecule has 15 nitrogen and oxygen atoms in total. The van der Waals surface area contributed by atoms with E-state index in [0.29, 0.717) is 17.9 Å². The Morgan fingerprint density at radius 3 is 2.37 bits per heavy atom. The molecule has 5 atom stereocenters. The number of nitrogens with one attached hydrogen (secondary N) is 1. The third-order valence-electron chi connectivity index (χ3n) is 5.12. The third-order valence-corrected chi connectivity index (χ3v) is 7.18.